The van der Waals surface area contributed by atoms with Gasteiger partial charge in [-0.15, -0.1) is 0 Å². The second-order valence-electron chi connectivity index (χ2n) is 12.1. The van der Waals surface area contributed by atoms with E-state index in [0.717, 1.165) is 12.1 Å². The molecule has 5 amide bonds. The molecule has 7 rings (SSSR count). The maximum absolute atomic E-state index is 15.0. The number of likely N-dealkylation sites (tertiary alicyclic amines) is 1. The molecule has 1 saturated carbocycles. The largest absolute Gasteiger partial charge is 0.508 e. The molecule has 6 unspecified atom stereocenters. The van der Waals surface area contributed by atoms with E-state index < -0.39 is 70.5 Å². The molecule has 0 radical (unpaired) electrons. The van der Waals surface area contributed by atoms with Gasteiger partial charge in [-0.05, 0) is 78.9 Å². The lowest BCUT2D eigenvalue weighted by atomic mass is 9.49. The van der Waals surface area contributed by atoms with E-state index in [-0.39, 0.29) is 24.3 Å². The molecule has 2 saturated heterocycles. The maximum atomic E-state index is 15.0. The standard InChI is InChI=1S/C34H26BrClFN3O7/c1-47-33(46)39-29(42)22-12-11-21-23(27(22)31(39)44)15-25-30(43)40(38-20-9-7-19(37)8-10-20)32(45)34(25,16-2-5-18(36)6-3-16)28(21)24-14-17(35)4-13-26(24)41/h2-11,13-14,22-23,25,27-28,38,41H,12,15H2,1H3. The third kappa shape index (κ3) is 4.52. The maximum Gasteiger partial charge on any atom is 0.423 e. The van der Waals surface area contributed by atoms with Gasteiger partial charge in [-0.2, -0.15) is 9.91 Å². The number of nitrogens with one attached hydrogen (secondary N) is 1. The van der Waals surface area contributed by atoms with Gasteiger partial charge in [0.2, 0.25) is 11.8 Å². The Morgan fingerprint density at radius 3 is 2.38 bits per heavy atom. The molecule has 2 aliphatic carbocycles. The van der Waals surface area contributed by atoms with Crippen molar-refractivity contribution in [3.8, 4) is 5.75 Å². The Bertz CT molecular complexity index is 1900. The fraction of sp³-hybridized carbons (Fsp3) is 0.265. The van der Waals surface area contributed by atoms with E-state index in [2.05, 4.69) is 21.4 Å². The fourth-order valence-corrected chi connectivity index (χ4v) is 8.53. The Hall–Kier alpha value is -4.55. The number of hydrogen-bond donors (Lipinski definition) is 2. The molecule has 2 heterocycles. The molecule has 6 atom stereocenters. The molecule has 3 aromatic carbocycles. The van der Waals surface area contributed by atoms with Crippen LogP contribution >= 0.6 is 27.5 Å². The summed E-state index contributed by atoms with van der Waals surface area (Å²) in [5.41, 5.74) is 2.84. The number of halogens is 3. The van der Waals surface area contributed by atoms with Gasteiger partial charge in [0.1, 0.15) is 11.6 Å². The molecular formula is C34H26BrClFN3O7. The van der Waals surface area contributed by atoms with Crippen LogP contribution in [0.4, 0.5) is 14.9 Å². The number of hydrazine groups is 1. The predicted octanol–water partition coefficient (Wildman–Crippen LogP) is 5.70. The van der Waals surface area contributed by atoms with E-state index >= 15 is 4.79 Å². The van der Waals surface area contributed by atoms with Gasteiger partial charge in [-0.25, -0.2) is 9.18 Å². The highest BCUT2D eigenvalue weighted by atomic mass is 79.9. The number of amides is 5. The normalized spacial score (nSPS) is 28.1. The van der Waals surface area contributed by atoms with Gasteiger partial charge in [-0.1, -0.05) is 51.3 Å². The van der Waals surface area contributed by atoms with Gasteiger partial charge in [-0.3, -0.25) is 24.6 Å². The first-order chi connectivity index (χ1) is 22.5. The molecule has 0 spiro atoms. The van der Waals surface area contributed by atoms with Gasteiger partial charge in [0.05, 0.1) is 36.0 Å². The number of nitrogens with zero attached hydrogens (tertiary/aromatic N) is 2. The number of hydrogen-bond acceptors (Lipinski definition) is 8. The molecule has 0 aromatic heterocycles. The number of phenolic OH excluding ortho intramolecular Hbond substituents is 1. The number of allylic oxidation sites excluding steroid dienone is 2. The summed E-state index contributed by atoms with van der Waals surface area (Å²) in [6.07, 6.45) is 0.761. The molecule has 3 aromatic rings. The SMILES string of the molecule is COC(=O)N1C(=O)C2CC=C3C(CC4C(=O)N(Nc5ccc(F)cc5)C(=O)C4(c4ccc(Cl)cc4)C3c3cc(Br)ccc3O)C2C1=O. The molecule has 240 valence electrons. The highest BCUT2D eigenvalue weighted by molar-refractivity contribution is 9.10. The molecule has 47 heavy (non-hydrogen) atoms. The molecule has 3 fully saturated rings. The van der Waals surface area contributed by atoms with Crippen molar-refractivity contribution < 1.29 is 38.2 Å². The number of anilines is 1. The number of carbonyl (C=O) groups is 5. The number of phenols is 1. The Kier molecular flexibility index (Phi) is 7.47. The molecule has 2 N–H and O–H groups in total. The lowest BCUT2D eigenvalue weighted by molar-refractivity contribution is -0.140. The number of ether oxygens (including phenoxy) is 1. The van der Waals surface area contributed by atoms with E-state index in [1.807, 2.05) is 0 Å². The van der Waals surface area contributed by atoms with Crippen molar-refractivity contribution in [3.05, 3.63) is 105 Å². The number of fused-ring (bicyclic) bond motifs is 4. The van der Waals surface area contributed by atoms with Gasteiger partial charge in [0, 0.05) is 21.0 Å². The highest BCUT2D eigenvalue weighted by Gasteiger charge is 2.71. The quantitative estimate of drug-likeness (QED) is 0.259. The van der Waals surface area contributed by atoms with Crippen LogP contribution in [0.15, 0.2) is 82.9 Å². The first kappa shape index (κ1) is 31.1. The van der Waals surface area contributed by atoms with Crippen LogP contribution in [-0.4, -0.2) is 51.8 Å². The number of carbonyl (C=O) groups excluding carboxylic acids is 5. The second kappa shape index (κ2) is 11.3. The van der Waals surface area contributed by atoms with E-state index in [1.165, 1.54) is 30.3 Å². The van der Waals surface area contributed by atoms with Crippen molar-refractivity contribution in [2.75, 3.05) is 12.5 Å². The number of methoxy groups -OCH3 is 1. The Morgan fingerprint density at radius 1 is 1.00 bits per heavy atom. The summed E-state index contributed by atoms with van der Waals surface area (Å²) in [4.78, 5) is 69.8. The van der Waals surface area contributed by atoms with E-state index in [4.69, 9.17) is 16.3 Å². The third-order valence-corrected chi connectivity index (χ3v) is 10.7. The van der Waals surface area contributed by atoms with Gasteiger partial charge in [0.15, 0.2) is 0 Å². The van der Waals surface area contributed by atoms with Crippen LogP contribution < -0.4 is 5.43 Å². The Labute approximate surface area is 281 Å². The lowest BCUT2D eigenvalue weighted by Gasteiger charge is -2.50. The van der Waals surface area contributed by atoms with Gasteiger partial charge in [0.25, 0.3) is 11.8 Å². The highest BCUT2D eigenvalue weighted by Crippen LogP contribution is 2.65. The zero-order chi connectivity index (χ0) is 33.4. The van der Waals surface area contributed by atoms with Crippen molar-refractivity contribution in [1.29, 1.82) is 0 Å². The lowest BCUT2D eigenvalue weighted by Crippen LogP contribution is -2.53. The smallest absolute Gasteiger partial charge is 0.423 e. The Balaban J connectivity index is 1.47. The summed E-state index contributed by atoms with van der Waals surface area (Å²) in [5.74, 6) is -8.08. The van der Waals surface area contributed by atoms with Gasteiger partial charge < -0.3 is 9.84 Å². The minimum atomic E-state index is -1.66. The van der Waals surface area contributed by atoms with Crippen LogP contribution in [0.1, 0.15) is 29.9 Å². The van der Waals surface area contributed by atoms with E-state index in [1.54, 1.807) is 42.5 Å². The summed E-state index contributed by atoms with van der Waals surface area (Å²) in [6, 6.07) is 16.5. The number of aromatic hydroxyl groups is 1. The van der Waals surface area contributed by atoms with Crippen molar-refractivity contribution in [3.63, 3.8) is 0 Å². The van der Waals surface area contributed by atoms with Crippen LogP contribution in [-0.2, 0) is 29.3 Å². The number of benzene rings is 3. The van der Waals surface area contributed by atoms with Crippen molar-refractivity contribution >= 4 is 62.9 Å². The van der Waals surface area contributed by atoms with Gasteiger partial charge >= 0.3 is 6.09 Å². The average Bonchev–Trinajstić information content (AvgIpc) is 3.44. The molecule has 13 heteroatoms. The summed E-state index contributed by atoms with van der Waals surface area (Å²) in [7, 11) is 1.08. The zero-order valence-corrected chi connectivity index (χ0v) is 27.0. The van der Waals surface area contributed by atoms with E-state index in [9.17, 15) is 28.7 Å². The average molecular weight is 723 g/mol. The topological polar surface area (TPSA) is 133 Å². The zero-order valence-electron chi connectivity index (χ0n) is 24.7. The Morgan fingerprint density at radius 2 is 1.70 bits per heavy atom. The number of imide groups is 4. The van der Waals surface area contributed by atoms with Crippen LogP contribution in [0.25, 0.3) is 0 Å². The monoisotopic (exact) mass is 721 g/mol. The fourth-order valence-electron chi connectivity index (χ4n) is 8.03. The summed E-state index contributed by atoms with van der Waals surface area (Å²) >= 11 is 9.76. The summed E-state index contributed by atoms with van der Waals surface area (Å²) in [5, 5.41) is 12.7. The first-order valence-corrected chi connectivity index (χ1v) is 16.0. The van der Waals surface area contributed by atoms with Crippen LogP contribution in [0.2, 0.25) is 5.02 Å². The van der Waals surface area contributed by atoms with Crippen LogP contribution in [0, 0.1) is 29.5 Å². The predicted molar refractivity (Wildman–Crippen MR) is 169 cm³/mol. The number of rotatable bonds is 4. The molecule has 10 nitrogen and oxygen atoms in total. The molecule has 4 aliphatic rings. The molecule has 2 aliphatic heterocycles. The summed E-state index contributed by atoms with van der Waals surface area (Å²) < 4.78 is 19.1. The minimum absolute atomic E-state index is 0.0267. The third-order valence-electron chi connectivity index (χ3n) is 9.91. The first-order valence-electron chi connectivity index (χ1n) is 14.8. The van der Waals surface area contributed by atoms with E-state index in [0.29, 0.717) is 31.1 Å². The molecule has 0 bridgehead atoms. The second-order valence-corrected chi connectivity index (χ2v) is 13.4. The van der Waals surface area contributed by atoms with Crippen molar-refractivity contribution in [2.24, 2.45) is 23.7 Å². The van der Waals surface area contributed by atoms with Crippen LogP contribution in [0.3, 0.4) is 0 Å². The van der Waals surface area contributed by atoms with Crippen LogP contribution in [0.5, 0.6) is 5.75 Å². The summed E-state index contributed by atoms with van der Waals surface area (Å²) in [6.45, 7) is 0. The molecular weight excluding hydrogens is 697 g/mol. The van der Waals surface area contributed by atoms with Crippen molar-refractivity contribution in [2.45, 2.75) is 24.2 Å². The van der Waals surface area contributed by atoms with Crippen molar-refractivity contribution in [1.82, 2.24) is 9.91 Å². The minimum Gasteiger partial charge on any atom is -0.508 e.